The van der Waals surface area contributed by atoms with Crippen LogP contribution in [0.3, 0.4) is 0 Å². The highest BCUT2D eigenvalue weighted by atomic mass is 16.7. The molecule has 0 saturated carbocycles. The fourth-order valence-corrected chi connectivity index (χ4v) is 4.31. The summed E-state index contributed by atoms with van der Waals surface area (Å²) in [6.45, 7) is -1.23. The Morgan fingerprint density at radius 3 is 1.68 bits per heavy atom. The Morgan fingerprint density at radius 2 is 1.20 bits per heavy atom. The van der Waals surface area contributed by atoms with Gasteiger partial charge in [-0.05, 0) is 35.9 Å². The monoisotopic (exact) mass is 580 g/mol. The van der Waals surface area contributed by atoms with Gasteiger partial charge in [-0.15, -0.1) is 0 Å². The highest BCUT2D eigenvalue weighted by molar-refractivity contribution is 6.08. The first kappa shape index (κ1) is 30.8. The van der Waals surface area contributed by atoms with Crippen molar-refractivity contribution in [3.8, 4) is 17.2 Å². The maximum Gasteiger partial charge on any atom is 0.229 e. The molecule has 14 nitrogen and oxygen atoms in total. The van der Waals surface area contributed by atoms with Gasteiger partial charge in [0.15, 0.2) is 5.78 Å². The molecule has 14 heteroatoms. The van der Waals surface area contributed by atoms with Gasteiger partial charge in [-0.3, -0.25) is 4.79 Å². The molecule has 10 atom stereocenters. The predicted octanol–water partition coefficient (Wildman–Crippen LogP) is -2.35. The van der Waals surface area contributed by atoms with Crippen LogP contribution in [0.5, 0.6) is 17.2 Å². The van der Waals surface area contributed by atoms with Gasteiger partial charge in [0.1, 0.15) is 66.1 Å². The van der Waals surface area contributed by atoms with Crippen LogP contribution in [0.15, 0.2) is 48.5 Å². The summed E-state index contributed by atoms with van der Waals surface area (Å²) in [7, 11) is 0. The van der Waals surface area contributed by atoms with Gasteiger partial charge in [0.25, 0.3) is 0 Å². The van der Waals surface area contributed by atoms with Crippen LogP contribution in [-0.2, 0) is 9.47 Å². The third-order valence-corrected chi connectivity index (χ3v) is 6.74. The van der Waals surface area contributed by atoms with Crippen molar-refractivity contribution < 1.29 is 69.7 Å². The summed E-state index contributed by atoms with van der Waals surface area (Å²) in [5, 5.41) is 88.6. The number of phenols is 1. The van der Waals surface area contributed by atoms with Crippen LogP contribution >= 0.6 is 0 Å². The lowest BCUT2D eigenvalue weighted by molar-refractivity contribution is -0.277. The molecule has 224 valence electrons. The van der Waals surface area contributed by atoms with E-state index in [1.807, 2.05) is 0 Å². The van der Waals surface area contributed by atoms with E-state index in [0.29, 0.717) is 5.56 Å². The minimum Gasteiger partial charge on any atom is -0.507 e. The number of ether oxygens (including phenoxy) is 4. The number of allylic oxidation sites excluding steroid dienone is 1. The molecule has 2 aromatic rings. The molecular weight excluding hydrogens is 548 g/mol. The molecule has 2 saturated heterocycles. The molecule has 2 heterocycles. The molecule has 2 aliphatic rings. The van der Waals surface area contributed by atoms with E-state index in [1.54, 1.807) is 12.1 Å². The summed E-state index contributed by atoms with van der Waals surface area (Å²) in [5.41, 5.74) is 0.506. The largest absolute Gasteiger partial charge is 0.507 e. The number of carbonyl (C=O) groups excluding carboxylic acids is 1. The fraction of sp³-hybridized carbons (Fsp3) is 0.444. The topological polar surface area (TPSA) is 236 Å². The van der Waals surface area contributed by atoms with E-state index in [1.165, 1.54) is 36.4 Å². The van der Waals surface area contributed by atoms with Crippen LogP contribution in [-0.4, -0.2) is 126 Å². The Hall–Kier alpha value is -3.15. The second-order valence-electron chi connectivity index (χ2n) is 9.58. The van der Waals surface area contributed by atoms with E-state index in [2.05, 4.69) is 0 Å². The zero-order valence-electron chi connectivity index (χ0n) is 21.5. The Bertz CT molecular complexity index is 1200. The van der Waals surface area contributed by atoms with Crippen LogP contribution in [0.1, 0.15) is 15.9 Å². The van der Waals surface area contributed by atoms with Gasteiger partial charge in [0, 0.05) is 6.07 Å². The molecule has 0 radical (unpaired) electrons. The van der Waals surface area contributed by atoms with Gasteiger partial charge in [-0.25, -0.2) is 0 Å². The number of aliphatic hydroxyl groups excluding tert-OH is 8. The molecule has 0 aromatic heterocycles. The van der Waals surface area contributed by atoms with E-state index in [-0.39, 0.29) is 17.1 Å². The highest BCUT2D eigenvalue weighted by Crippen LogP contribution is 2.29. The van der Waals surface area contributed by atoms with Crippen molar-refractivity contribution in [3.05, 3.63) is 59.7 Å². The number of benzene rings is 2. The number of aliphatic hydroxyl groups is 8. The van der Waals surface area contributed by atoms with Crippen LogP contribution in [0.4, 0.5) is 0 Å². The average Bonchev–Trinajstić information content (AvgIpc) is 2.97. The van der Waals surface area contributed by atoms with Crippen LogP contribution in [0, 0.1) is 0 Å². The first-order valence-electron chi connectivity index (χ1n) is 12.6. The first-order chi connectivity index (χ1) is 19.5. The summed E-state index contributed by atoms with van der Waals surface area (Å²) in [6, 6.07) is 9.89. The zero-order valence-corrected chi connectivity index (χ0v) is 21.5. The molecule has 0 unspecified atom stereocenters. The van der Waals surface area contributed by atoms with E-state index in [0.717, 1.165) is 6.07 Å². The number of carbonyl (C=O) groups is 1. The average molecular weight is 581 g/mol. The van der Waals surface area contributed by atoms with Crippen LogP contribution in [0.25, 0.3) is 6.08 Å². The van der Waals surface area contributed by atoms with Gasteiger partial charge in [0.05, 0.1) is 18.8 Å². The molecule has 2 fully saturated rings. The molecule has 0 aliphatic carbocycles. The number of phenolic OH excluding ortho intramolecular Hbond substituents is 1. The summed E-state index contributed by atoms with van der Waals surface area (Å²) in [6.07, 6.45) is -11.9. The zero-order chi connectivity index (χ0) is 29.8. The van der Waals surface area contributed by atoms with Gasteiger partial charge < -0.3 is 64.9 Å². The Morgan fingerprint density at radius 1 is 0.707 bits per heavy atom. The van der Waals surface area contributed by atoms with Crippen molar-refractivity contribution in [2.75, 3.05) is 13.2 Å². The van der Waals surface area contributed by atoms with Crippen molar-refractivity contribution >= 4 is 11.9 Å². The lowest BCUT2D eigenvalue weighted by atomic mass is 9.99. The highest BCUT2D eigenvalue weighted by Gasteiger charge is 2.45. The Kier molecular flexibility index (Phi) is 9.93. The summed E-state index contributed by atoms with van der Waals surface area (Å²) >= 11 is 0. The summed E-state index contributed by atoms with van der Waals surface area (Å²) in [4.78, 5) is 12.7. The SMILES string of the molecule is O=C(C=Cc1ccc(O[C@H]2O[C@@H](CO)[C@H](O)[C@H](O)[C@@H]2O)cc1)c1ccc(O[C@H]2O[C@@H](CO)[C@H](O)[C@H](O)[C@@H]2O)cc1O. The number of hydrogen-bond donors (Lipinski definition) is 9. The summed E-state index contributed by atoms with van der Waals surface area (Å²) in [5.74, 6) is -0.763. The van der Waals surface area contributed by atoms with Crippen LogP contribution in [0.2, 0.25) is 0 Å². The first-order valence-corrected chi connectivity index (χ1v) is 12.6. The minimum absolute atomic E-state index is 0.0117. The van der Waals surface area contributed by atoms with Gasteiger partial charge in [0.2, 0.25) is 12.6 Å². The van der Waals surface area contributed by atoms with Crippen molar-refractivity contribution in [2.24, 2.45) is 0 Å². The molecule has 4 rings (SSSR count). The maximum atomic E-state index is 12.7. The predicted molar refractivity (Wildman–Crippen MR) is 137 cm³/mol. The third kappa shape index (κ3) is 6.85. The van der Waals surface area contributed by atoms with Crippen molar-refractivity contribution in [2.45, 2.75) is 61.4 Å². The molecule has 0 spiro atoms. The smallest absolute Gasteiger partial charge is 0.229 e. The Balaban J connectivity index is 1.36. The minimum atomic E-state index is -1.65. The van der Waals surface area contributed by atoms with Crippen molar-refractivity contribution in [1.82, 2.24) is 0 Å². The normalized spacial score (nSPS) is 34.0. The van der Waals surface area contributed by atoms with Gasteiger partial charge in [-0.1, -0.05) is 18.2 Å². The molecule has 2 aromatic carbocycles. The van der Waals surface area contributed by atoms with Gasteiger partial charge in [-0.2, -0.15) is 0 Å². The van der Waals surface area contributed by atoms with Crippen LogP contribution < -0.4 is 9.47 Å². The van der Waals surface area contributed by atoms with E-state index in [9.17, 15) is 50.8 Å². The molecule has 0 bridgehead atoms. The Labute approximate surface area is 233 Å². The van der Waals surface area contributed by atoms with Gasteiger partial charge >= 0.3 is 0 Å². The van der Waals surface area contributed by atoms with E-state index < -0.39 is 86.2 Å². The second kappa shape index (κ2) is 13.2. The number of rotatable bonds is 9. The molecule has 9 N–H and O–H groups in total. The van der Waals surface area contributed by atoms with E-state index in [4.69, 9.17) is 18.9 Å². The quantitative estimate of drug-likeness (QED) is 0.112. The van der Waals surface area contributed by atoms with Crippen molar-refractivity contribution in [3.63, 3.8) is 0 Å². The molecular formula is C27H32O14. The third-order valence-electron chi connectivity index (χ3n) is 6.74. The van der Waals surface area contributed by atoms with Crippen molar-refractivity contribution in [1.29, 1.82) is 0 Å². The fourth-order valence-electron chi connectivity index (χ4n) is 4.31. The number of hydrogen-bond acceptors (Lipinski definition) is 14. The lowest BCUT2D eigenvalue weighted by Crippen LogP contribution is -2.60. The molecule has 0 amide bonds. The number of aromatic hydroxyl groups is 1. The molecule has 2 aliphatic heterocycles. The lowest BCUT2D eigenvalue weighted by Gasteiger charge is -2.39. The van der Waals surface area contributed by atoms with E-state index >= 15 is 0 Å². The maximum absolute atomic E-state index is 12.7. The number of ketones is 1. The molecule has 41 heavy (non-hydrogen) atoms. The standard InChI is InChI=1S/C27H32O14/c28-10-18-20(32)22(34)24(36)26(40-18)38-13-4-1-12(2-5-13)3-8-16(30)15-7-6-14(9-17(15)31)39-27-25(37)23(35)21(33)19(11-29)41-27/h1-9,18-29,31-37H,10-11H2/t18-,19-,20-,21-,22-,23-,24-,25-,26-,27-/m0/s1. The second-order valence-corrected chi connectivity index (χ2v) is 9.58. The summed E-state index contributed by atoms with van der Waals surface area (Å²) < 4.78 is 21.5.